The van der Waals surface area contributed by atoms with Crippen LogP contribution in [-0.4, -0.2) is 26.6 Å². The number of rotatable bonds is 3. The number of carbonyl (C=O) groups is 1. The SMILES string of the molecule is Cc1sc2nc(COC(=O)C34CC5CC(CC(O)(C5)C3)C4)[nH]c(=O)c2c1C. The summed E-state index contributed by atoms with van der Waals surface area (Å²) in [4.78, 5) is 34.3. The Morgan fingerprint density at radius 3 is 2.67 bits per heavy atom. The maximum atomic E-state index is 13.0. The molecule has 4 saturated carbocycles. The number of nitrogens with one attached hydrogen (secondary N) is 1. The number of carbonyl (C=O) groups excluding carboxylic acids is 1. The number of fused-ring (bicyclic) bond motifs is 1. The maximum absolute atomic E-state index is 13.0. The molecule has 2 atom stereocenters. The number of hydrogen-bond acceptors (Lipinski definition) is 6. The van der Waals surface area contributed by atoms with Crippen LogP contribution in [0.2, 0.25) is 0 Å². The standard InChI is InChI=1S/C20H24N2O4S/c1-10-11(2)27-17-15(10)16(23)21-14(22-17)8-26-18(24)19-4-12-3-13(5-19)7-20(25,6-12)9-19/h12-13,25H,3-9H2,1-2H3,(H,21,22,23). The van der Waals surface area contributed by atoms with Crippen molar-refractivity contribution in [3.63, 3.8) is 0 Å². The molecular weight excluding hydrogens is 364 g/mol. The lowest BCUT2D eigenvalue weighted by Crippen LogP contribution is -2.58. The summed E-state index contributed by atoms with van der Waals surface area (Å²) in [6.45, 7) is 3.86. The van der Waals surface area contributed by atoms with Crippen molar-refractivity contribution >= 4 is 27.5 Å². The van der Waals surface area contributed by atoms with Gasteiger partial charge in [0.25, 0.3) is 5.56 Å². The molecule has 4 aliphatic carbocycles. The predicted molar refractivity (Wildman–Crippen MR) is 102 cm³/mol. The molecule has 27 heavy (non-hydrogen) atoms. The van der Waals surface area contributed by atoms with Crippen molar-refractivity contribution in [2.45, 2.75) is 64.6 Å². The van der Waals surface area contributed by atoms with Crippen molar-refractivity contribution < 1.29 is 14.6 Å². The van der Waals surface area contributed by atoms with Crippen LogP contribution in [0.15, 0.2) is 4.79 Å². The molecule has 0 aliphatic heterocycles. The van der Waals surface area contributed by atoms with Crippen LogP contribution in [0.1, 0.15) is 54.8 Å². The molecule has 2 heterocycles. The Hall–Kier alpha value is -1.73. The largest absolute Gasteiger partial charge is 0.457 e. The summed E-state index contributed by atoms with van der Waals surface area (Å²) in [6, 6.07) is 0. The van der Waals surface area contributed by atoms with Gasteiger partial charge >= 0.3 is 5.97 Å². The van der Waals surface area contributed by atoms with Gasteiger partial charge in [0, 0.05) is 4.88 Å². The first-order valence-electron chi connectivity index (χ1n) is 9.65. The van der Waals surface area contributed by atoms with Gasteiger partial charge in [0.1, 0.15) is 17.3 Å². The molecule has 0 saturated heterocycles. The third-order valence-electron chi connectivity index (χ3n) is 6.89. The number of aromatic amines is 1. The van der Waals surface area contributed by atoms with Gasteiger partial charge in [0.15, 0.2) is 0 Å². The summed E-state index contributed by atoms with van der Waals surface area (Å²) in [6.07, 6.45) is 4.91. The fourth-order valence-electron chi connectivity index (χ4n) is 6.11. The third kappa shape index (κ3) is 2.66. The monoisotopic (exact) mass is 388 g/mol. The van der Waals surface area contributed by atoms with Crippen LogP contribution in [-0.2, 0) is 16.1 Å². The van der Waals surface area contributed by atoms with Crippen LogP contribution in [0.5, 0.6) is 0 Å². The number of aryl methyl sites for hydroxylation is 2. The average molecular weight is 388 g/mol. The zero-order chi connectivity index (χ0) is 19.0. The first-order chi connectivity index (χ1) is 12.8. The number of H-pyrrole nitrogens is 1. The minimum Gasteiger partial charge on any atom is -0.457 e. The zero-order valence-corrected chi connectivity index (χ0v) is 16.4. The number of ether oxygens (including phenoxy) is 1. The lowest BCUT2D eigenvalue weighted by Gasteiger charge is -2.58. The minimum atomic E-state index is -0.694. The van der Waals surface area contributed by atoms with Crippen molar-refractivity contribution in [1.29, 1.82) is 0 Å². The van der Waals surface area contributed by atoms with Gasteiger partial charge in [-0.15, -0.1) is 11.3 Å². The van der Waals surface area contributed by atoms with Crippen LogP contribution >= 0.6 is 11.3 Å². The van der Waals surface area contributed by atoms with Crippen molar-refractivity contribution in [2.75, 3.05) is 0 Å². The molecule has 2 aromatic heterocycles. The molecule has 0 spiro atoms. The van der Waals surface area contributed by atoms with Gasteiger partial charge in [-0.3, -0.25) is 9.59 Å². The Morgan fingerprint density at radius 1 is 1.30 bits per heavy atom. The first kappa shape index (κ1) is 17.4. The minimum absolute atomic E-state index is 0.0322. The molecule has 0 radical (unpaired) electrons. The van der Waals surface area contributed by atoms with Crippen LogP contribution in [0.25, 0.3) is 10.2 Å². The van der Waals surface area contributed by atoms with Crippen LogP contribution < -0.4 is 5.56 Å². The number of thiophene rings is 1. The lowest BCUT2D eigenvalue weighted by atomic mass is 9.48. The fourth-order valence-corrected chi connectivity index (χ4v) is 7.16. The second-order valence-electron chi connectivity index (χ2n) is 9.02. The Kier molecular flexibility index (Phi) is 3.63. The van der Waals surface area contributed by atoms with Crippen molar-refractivity contribution in [1.82, 2.24) is 9.97 Å². The Morgan fingerprint density at radius 2 is 2.00 bits per heavy atom. The number of aliphatic hydroxyl groups is 1. The lowest BCUT2D eigenvalue weighted by molar-refractivity contribution is -0.197. The molecule has 2 aromatic rings. The molecule has 144 valence electrons. The predicted octanol–water partition coefficient (Wildman–Crippen LogP) is 2.98. The first-order valence-corrected chi connectivity index (χ1v) is 10.5. The number of hydrogen-bond donors (Lipinski definition) is 2. The van der Waals surface area contributed by atoms with Gasteiger partial charge in [-0.2, -0.15) is 0 Å². The van der Waals surface area contributed by atoms with E-state index in [1.54, 1.807) is 0 Å². The van der Waals surface area contributed by atoms with Crippen molar-refractivity contribution in [3.05, 3.63) is 26.6 Å². The fraction of sp³-hybridized carbons (Fsp3) is 0.650. The summed E-state index contributed by atoms with van der Waals surface area (Å²) in [7, 11) is 0. The topological polar surface area (TPSA) is 92.3 Å². The average Bonchev–Trinajstić information content (AvgIpc) is 2.85. The Bertz CT molecular complexity index is 993. The van der Waals surface area contributed by atoms with Gasteiger partial charge in [0.05, 0.1) is 16.4 Å². The maximum Gasteiger partial charge on any atom is 0.312 e. The Balaban J connectivity index is 1.37. The van der Waals surface area contributed by atoms with Crippen LogP contribution in [0.4, 0.5) is 0 Å². The molecule has 0 amide bonds. The van der Waals surface area contributed by atoms with E-state index in [2.05, 4.69) is 9.97 Å². The third-order valence-corrected chi connectivity index (χ3v) is 7.99. The van der Waals surface area contributed by atoms with Crippen LogP contribution in [0.3, 0.4) is 0 Å². The van der Waals surface area contributed by atoms with E-state index in [4.69, 9.17) is 4.74 Å². The number of esters is 1. The quantitative estimate of drug-likeness (QED) is 0.789. The second kappa shape index (κ2) is 5.64. The van der Waals surface area contributed by atoms with Gasteiger partial charge in [-0.1, -0.05) is 0 Å². The molecule has 4 fully saturated rings. The molecule has 4 bridgehead atoms. The highest BCUT2D eigenvalue weighted by atomic mass is 32.1. The van der Waals surface area contributed by atoms with E-state index < -0.39 is 11.0 Å². The smallest absolute Gasteiger partial charge is 0.312 e. The van der Waals surface area contributed by atoms with Crippen molar-refractivity contribution in [3.8, 4) is 0 Å². The highest BCUT2D eigenvalue weighted by Crippen LogP contribution is 2.62. The molecule has 4 aliphatic rings. The normalized spacial score (nSPS) is 34.3. The molecule has 2 N–H and O–H groups in total. The zero-order valence-electron chi connectivity index (χ0n) is 15.6. The molecule has 7 heteroatoms. The highest BCUT2D eigenvalue weighted by molar-refractivity contribution is 7.18. The van der Waals surface area contributed by atoms with E-state index in [1.165, 1.54) is 11.3 Å². The molecule has 6 rings (SSSR count). The van der Waals surface area contributed by atoms with Gasteiger partial charge in [0.2, 0.25) is 0 Å². The summed E-state index contributed by atoms with van der Waals surface area (Å²) in [5.74, 6) is 0.993. The van der Waals surface area contributed by atoms with E-state index >= 15 is 0 Å². The molecule has 0 aromatic carbocycles. The molecule has 6 nitrogen and oxygen atoms in total. The summed E-state index contributed by atoms with van der Waals surface area (Å²) < 4.78 is 5.62. The summed E-state index contributed by atoms with van der Waals surface area (Å²) >= 11 is 1.48. The highest BCUT2D eigenvalue weighted by Gasteiger charge is 2.60. The van der Waals surface area contributed by atoms with E-state index in [9.17, 15) is 14.7 Å². The summed E-state index contributed by atoms with van der Waals surface area (Å²) in [5.41, 5.74) is -0.481. The number of aromatic nitrogens is 2. The number of nitrogens with zero attached hydrogens (tertiary/aromatic N) is 1. The summed E-state index contributed by atoms with van der Waals surface area (Å²) in [5, 5.41) is 11.4. The van der Waals surface area contributed by atoms with Gasteiger partial charge < -0.3 is 14.8 Å². The van der Waals surface area contributed by atoms with Crippen LogP contribution in [0, 0.1) is 31.1 Å². The van der Waals surface area contributed by atoms with E-state index in [0.29, 0.717) is 34.3 Å². The second-order valence-corrected chi connectivity index (χ2v) is 10.2. The van der Waals surface area contributed by atoms with Gasteiger partial charge in [-0.05, 0) is 69.8 Å². The van der Waals surface area contributed by atoms with E-state index in [0.717, 1.165) is 42.5 Å². The van der Waals surface area contributed by atoms with E-state index in [-0.39, 0.29) is 18.1 Å². The molecular formula is C20H24N2O4S. The van der Waals surface area contributed by atoms with Gasteiger partial charge in [-0.25, -0.2) is 4.98 Å². The Labute approximate surface area is 161 Å². The van der Waals surface area contributed by atoms with E-state index in [1.807, 2.05) is 13.8 Å². The molecule has 2 unspecified atom stereocenters. The van der Waals surface area contributed by atoms with Crippen molar-refractivity contribution in [2.24, 2.45) is 17.3 Å².